The van der Waals surface area contributed by atoms with Crippen LogP contribution in [-0.2, 0) is 6.54 Å². The number of aliphatic hydroxyl groups is 1. The highest BCUT2D eigenvalue weighted by atomic mass is 16.2. The zero-order valence-corrected chi connectivity index (χ0v) is 8.61. The first-order chi connectivity index (χ1) is 6.83. The van der Waals surface area contributed by atoms with Crippen molar-refractivity contribution in [2.24, 2.45) is 0 Å². The Balaban J connectivity index is 2.20. The Bertz CT molecular complexity index is 238. The predicted molar refractivity (Wildman–Crippen MR) is 56.9 cm³/mol. The van der Waals surface area contributed by atoms with Crippen LogP contribution in [0.4, 0.5) is 0 Å². The molecule has 0 bridgehead atoms. The zero-order chi connectivity index (χ0) is 10.2. The van der Waals surface area contributed by atoms with Gasteiger partial charge in [-0.15, -0.1) is 0 Å². The van der Waals surface area contributed by atoms with Crippen LogP contribution in [0.3, 0.4) is 0 Å². The molecule has 0 radical (unpaired) electrons. The Kier molecular flexibility index (Phi) is 5.19. The number of nitrogens with one attached hydrogen (secondary N) is 1. The molecule has 0 saturated carbocycles. The highest BCUT2D eigenvalue weighted by Crippen LogP contribution is 1.99. The molecule has 1 heterocycles. The molecule has 0 aromatic carbocycles. The zero-order valence-electron chi connectivity index (χ0n) is 8.61. The molecule has 0 aliphatic carbocycles. The first-order valence-electron chi connectivity index (χ1n) is 5.06. The lowest BCUT2D eigenvalue weighted by Crippen LogP contribution is -2.25. The molecule has 1 aromatic rings. The average molecular weight is 194 g/mol. The van der Waals surface area contributed by atoms with Crippen molar-refractivity contribution >= 4 is 0 Å². The summed E-state index contributed by atoms with van der Waals surface area (Å²) in [6.07, 6.45) is 5.48. The van der Waals surface area contributed by atoms with Crippen LogP contribution in [0.2, 0.25) is 0 Å². The van der Waals surface area contributed by atoms with Crippen LogP contribution in [-0.4, -0.2) is 22.7 Å². The van der Waals surface area contributed by atoms with Crippen molar-refractivity contribution in [1.82, 2.24) is 10.3 Å². The molecule has 0 aliphatic rings. The molecule has 1 aromatic heterocycles. The number of hydrogen-bond acceptors (Lipinski definition) is 3. The molecule has 0 fully saturated rings. The van der Waals surface area contributed by atoms with Crippen molar-refractivity contribution < 1.29 is 5.11 Å². The quantitative estimate of drug-likeness (QED) is 0.718. The second-order valence-corrected chi connectivity index (χ2v) is 3.50. The summed E-state index contributed by atoms with van der Waals surface area (Å²) in [5.41, 5.74) is 1.25. The summed E-state index contributed by atoms with van der Waals surface area (Å²) in [5.74, 6) is 0. The maximum absolute atomic E-state index is 8.66. The van der Waals surface area contributed by atoms with E-state index in [1.165, 1.54) is 5.56 Å². The fourth-order valence-corrected chi connectivity index (χ4v) is 1.29. The van der Waals surface area contributed by atoms with Gasteiger partial charge in [-0.25, -0.2) is 0 Å². The molecule has 0 saturated heterocycles. The van der Waals surface area contributed by atoms with Gasteiger partial charge in [0, 0.05) is 31.6 Å². The fourth-order valence-electron chi connectivity index (χ4n) is 1.29. The number of aromatic nitrogens is 1. The SMILES string of the molecule is C[C@@H](CCCO)NCc1ccncc1. The smallest absolute Gasteiger partial charge is 0.0431 e. The van der Waals surface area contributed by atoms with E-state index in [1.54, 1.807) is 12.4 Å². The van der Waals surface area contributed by atoms with Gasteiger partial charge in [-0.1, -0.05) is 0 Å². The molecule has 0 unspecified atom stereocenters. The van der Waals surface area contributed by atoms with Crippen LogP contribution in [0.1, 0.15) is 25.3 Å². The number of pyridine rings is 1. The molecule has 14 heavy (non-hydrogen) atoms. The third-order valence-electron chi connectivity index (χ3n) is 2.20. The van der Waals surface area contributed by atoms with Gasteiger partial charge in [0.05, 0.1) is 0 Å². The molecule has 3 nitrogen and oxygen atoms in total. The molecule has 3 heteroatoms. The van der Waals surface area contributed by atoms with Crippen molar-refractivity contribution in [2.45, 2.75) is 32.4 Å². The predicted octanol–water partition coefficient (Wildman–Crippen LogP) is 1.33. The van der Waals surface area contributed by atoms with Gasteiger partial charge >= 0.3 is 0 Å². The highest BCUT2D eigenvalue weighted by Gasteiger charge is 2.00. The summed E-state index contributed by atoms with van der Waals surface area (Å²) in [6.45, 7) is 3.28. The minimum atomic E-state index is 0.279. The van der Waals surface area contributed by atoms with Crippen LogP contribution in [0, 0.1) is 0 Å². The van der Waals surface area contributed by atoms with E-state index in [0.717, 1.165) is 19.4 Å². The van der Waals surface area contributed by atoms with E-state index in [1.807, 2.05) is 12.1 Å². The highest BCUT2D eigenvalue weighted by molar-refractivity contribution is 5.09. The van der Waals surface area contributed by atoms with Crippen LogP contribution in [0.15, 0.2) is 24.5 Å². The first kappa shape index (κ1) is 11.1. The van der Waals surface area contributed by atoms with Crippen molar-refractivity contribution in [1.29, 1.82) is 0 Å². The van der Waals surface area contributed by atoms with E-state index in [0.29, 0.717) is 6.04 Å². The van der Waals surface area contributed by atoms with E-state index >= 15 is 0 Å². The van der Waals surface area contributed by atoms with Gasteiger partial charge in [0.25, 0.3) is 0 Å². The third-order valence-corrected chi connectivity index (χ3v) is 2.20. The van der Waals surface area contributed by atoms with Crippen LogP contribution in [0.25, 0.3) is 0 Å². The van der Waals surface area contributed by atoms with Gasteiger partial charge in [0.15, 0.2) is 0 Å². The summed E-state index contributed by atoms with van der Waals surface area (Å²) < 4.78 is 0. The average Bonchev–Trinajstić information content (AvgIpc) is 2.25. The molecule has 1 atom stereocenters. The van der Waals surface area contributed by atoms with Crippen LogP contribution in [0.5, 0.6) is 0 Å². The van der Waals surface area contributed by atoms with E-state index in [2.05, 4.69) is 17.2 Å². The Morgan fingerprint density at radius 3 is 2.79 bits per heavy atom. The summed E-state index contributed by atoms with van der Waals surface area (Å²) in [7, 11) is 0. The van der Waals surface area contributed by atoms with Gasteiger partial charge in [0.1, 0.15) is 0 Å². The van der Waals surface area contributed by atoms with E-state index in [9.17, 15) is 0 Å². The van der Waals surface area contributed by atoms with E-state index < -0.39 is 0 Å². The maximum Gasteiger partial charge on any atom is 0.0431 e. The standard InChI is InChI=1S/C11H18N2O/c1-10(3-2-8-14)13-9-11-4-6-12-7-5-11/h4-7,10,13-14H,2-3,8-9H2,1H3/t10-/m0/s1. The van der Waals surface area contributed by atoms with E-state index in [4.69, 9.17) is 5.11 Å². The van der Waals surface area contributed by atoms with Gasteiger partial charge in [0.2, 0.25) is 0 Å². The number of aliphatic hydroxyl groups excluding tert-OH is 1. The van der Waals surface area contributed by atoms with Gasteiger partial charge in [-0.2, -0.15) is 0 Å². The molecular weight excluding hydrogens is 176 g/mol. The number of hydrogen-bond donors (Lipinski definition) is 2. The normalized spacial score (nSPS) is 12.7. The largest absolute Gasteiger partial charge is 0.396 e. The summed E-state index contributed by atoms with van der Waals surface area (Å²) in [4.78, 5) is 3.96. The summed E-state index contributed by atoms with van der Waals surface area (Å²) in [6, 6.07) is 4.47. The molecule has 78 valence electrons. The van der Waals surface area contributed by atoms with Gasteiger partial charge in [-0.3, -0.25) is 4.98 Å². The van der Waals surface area contributed by atoms with Crippen molar-refractivity contribution in [3.8, 4) is 0 Å². The molecule has 0 spiro atoms. The van der Waals surface area contributed by atoms with Crippen LogP contribution < -0.4 is 5.32 Å². The summed E-state index contributed by atoms with van der Waals surface area (Å²) >= 11 is 0. The number of rotatable bonds is 6. The maximum atomic E-state index is 8.66. The van der Waals surface area contributed by atoms with Gasteiger partial charge in [-0.05, 0) is 37.5 Å². The van der Waals surface area contributed by atoms with Crippen molar-refractivity contribution in [3.63, 3.8) is 0 Å². The van der Waals surface area contributed by atoms with E-state index in [-0.39, 0.29) is 6.61 Å². The van der Waals surface area contributed by atoms with Crippen molar-refractivity contribution in [3.05, 3.63) is 30.1 Å². The summed E-state index contributed by atoms with van der Waals surface area (Å²) in [5, 5.41) is 12.1. The molecule has 0 amide bonds. The minimum Gasteiger partial charge on any atom is -0.396 e. The minimum absolute atomic E-state index is 0.279. The number of nitrogens with zero attached hydrogens (tertiary/aromatic N) is 1. The Labute approximate surface area is 85.2 Å². The lowest BCUT2D eigenvalue weighted by Gasteiger charge is -2.12. The molecule has 2 N–H and O–H groups in total. The lowest BCUT2D eigenvalue weighted by atomic mass is 10.2. The molecule has 0 aliphatic heterocycles. The topological polar surface area (TPSA) is 45.1 Å². The fraction of sp³-hybridized carbons (Fsp3) is 0.545. The molecular formula is C11H18N2O. The van der Waals surface area contributed by atoms with Crippen LogP contribution >= 0.6 is 0 Å². The Morgan fingerprint density at radius 2 is 2.14 bits per heavy atom. The monoisotopic (exact) mass is 194 g/mol. The Hall–Kier alpha value is -0.930. The third kappa shape index (κ3) is 4.35. The first-order valence-corrected chi connectivity index (χ1v) is 5.06. The van der Waals surface area contributed by atoms with Crippen molar-refractivity contribution in [2.75, 3.05) is 6.61 Å². The van der Waals surface area contributed by atoms with Gasteiger partial charge < -0.3 is 10.4 Å². The second-order valence-electron chi connectivity index (χ2n) is 3.50. The Morgan fingerprint density at radius 1 is 1.43 bits per heavy atom. The molecule has 1 rings (SSSR count). The second kappa shape index (κ2) is 6.51. The lowest BCUT2D eigenvalue weighted by molar-refractivity contribution is 0.276.